The van der Waals surface area contributed by atoms with Crippen molar-refractivity contribution >= 4 is 44.7 Å². The summed E-state index contributed by atoms with van der Waals surface area (Å²) in [5, 5.41) is 3.74. The van der Waals surface area contributed by atoms with E-state index in [0.29, 0.717) is 26.6 Å². The fraction of sp³-hybridized carbons (Fsp3) is 0.208. The summed E-state index contributed by atoms with van der Waals surface area (Å²) >= 11 is 7.45. The van der Waals surface area contributed by atoms with Crippen LogP contribution in [0.5, 0.6) is 0 Å². The van der Waals surface area contributed by atoms with Gasteiger partial charge in [0.15, 0.2) is 0 Å². The lowest BCUT2D eigenvalue weighted by atomic mass is 10.1. The molecule has 6 nitrogen and oxygen atoms in total. The lowest BCUT2D eigenvalue weighted by Crippen LogP contribution is -2.40. The van der Waals surface area contributed by atoms with Crippen molar-refractivity contribution in [3.05, 3.63) is 89.9 Å². The fourth-order valence-corrected chi connectivity index (χ4v) is 4.98. The van der Waals surface area contributed by atoms with Crippen molar-refractivity contribution in [2.75, 3.05) is 5.32 Å². The fourth-order valence-electron chi connectivity index (χ4n) is 3.66. The van der Waals surface area contributed by atoms with Gasteiger partial charge in [-0.2, -0.15) is 0 Å². The Morgan fingerprint density at radius 2 is 1.75 bits per heavy atom. The molecule has 1 amide bonds. The quantitative estimate of drug-likeness (QED) is 0.471. The van der Waals surface area contributed by atoms with Gasteiger partial charge in [-0.05, 0) is 68.7 Å². The smallest absolute Gasteiger partial charge is 0.324 e. The second kappa shape index (κ2) is 8.41. The van der Waals surface area contributed by atoms with Gasteiger partial charge < -0.3 is 5.32 Å². The molecular weight excluding hydrogens is 446 g/mol. The molecule has 8 heteroatoms. The van der Waals surface area contributed by atoms with Crippen LogP contribution < -0.4 is 16.6 Å². The van der Waals surface area contributed by atoms with Gasteiger partial charge in [0, 0.05) is 15.6 Å². The summed E-state index contributed by atoms with van der Waals surface area (Å²) < 4.78 is 2.45. The van der Waals surface area contributed by atoms with Gasteiger partial charge in [-0.3, -0.25) is 14.2 Å². The minimum absolute atomic E-state index is 0.219. The Balaban J connectivity index is 1.88. The second-order valence-electron chi connectivity index (χ2n) is 7.75. The van der Waals surface area contributed by atoms with Crippen LogP contribution in [0.2, 0.25) is 5.02 Å². The average Bonchev–Trinajstić information content (AvgIpc) is 3.03. The number of amides is 1. The molecule has 2 aromatic heterocycles. The number of hydrogen-bond acceptors (Lipinski definition) is 4. The number of nitrogens with one attached hydrogen (secondary N) is 1. The van der Waals surface area contributed by atoms with Crippen molar-refractivity contribution in [3.8, 4) is 5.69 Å². The van der Waals surface area contributed by atoms with E-state index in [1.54, 1.807) is 24.3 Å². The van der Waals surface area contributed by atoms with Crippen LogP contribution in [0.25, 0.3) is 15.9 Å². The van der Waals surface area contributed by atoms with Crippen LogP contribution in [0.4, 0.5) is 5.69 Å². The Morgan fingerprint density at radius 3 is 2.47 bits per heavy atom. The summed E-state index contributed by atoms with van der Waals surface area (Å²) in [6, 6.07) is 12.2. The summed E-state index contributed by atoms with van der Waals surface area (Å²) in [4.78, 5) is 41.1. The molecule has 1 N–H and O–H groups in total. The van der Waals surface area contributed by atoms with Gasteiger partial charge in [0.1, 0.15) is 11.4 Å². The molecule has 32 heavy (non-hydrogen) atoms. The molecule has 4 aromatic rings. The molecule has 164 valence electrons. The number of carbonyl (C=O) groups is 1. The molecule has 0 aliphatic heterocycles. The van der Waals surface area contributed by atoms with Gasteiger partial charge >= 0.3 is 5.69 Å². The predicted molar refractivity (Wildman–Crippen MR) is 131 cm³/mol. The van der Waals surface area contributed by atoms with Gasteiger partial charge in [-0.25, -0.2) is 9.36 Å². The first kappa shape index (κ1) is 22.0. The van der Waals surface area contributed by atoms with Crippen LogP contribution in [0.1, 0.15) is 21.6 Å². The maximum atomic E-state index is 13.5. The number of thiophene rings is 1. The third-order valence-electron chi connectivity index (χ3n) is 5.70. The first-order valence-electron chi connectivity index (χ1n) is 10.1. The summed E-state index contributed by atoms with van der Waals surface area (Å²) in [7, 11) is 0. The molecule has 4 rings (SSSR count). The number of benzene rings is 2. The third kappa shape index (κ3) is 3.78. The van der Waals surface area contributed by atoms with Crippen molar-refractivity contribution in [1.82, 2.24) is 9.13 Å². The molecule has 2 heterocycles. The van der Waals surface area contributed by atoms with E-state index in [2.05, 4.69) is 5.32 Å². The van der Waals surface area contributed by atoms with Gasteiger partial charge in [0.2, 0.25) is 5.91 Å². The topological polar surface area (TPSA) is 73.1 Å². The molecule has 0 saturated carbocycles. The van der Waals surface area contributed by atoms with Gasteiger partial charge in [0.05, 0.1) is 11.1 Å². The van der Waals surface area contributed by atoms with E-state index >= 15 is 0 Å². The molecule has 0 radical (unpaired) electrons. The van der Waals surface area contributed by atoms with Crippen molar-refractivity contribution < 1.29 is 4.79 Å². The SMILES string of the molecule is Cc1cccc(NC(=O)Cn2c(=O)n(-c3cccc(Cl)c3)c(=O)c3c(C)c(C)sc32)c1C. The maximum absolute atomic E-state index is 13.5. The van der Waals surface area contributed by atoms with Crippen molar-refractivity contribution in [2.45, 2.75) is 34.2 Å². The minimum atomic E-state index is -0.581. The maximum Gasteiger partial charge on any atom is 0.337 e. The highest BCUT2D eigenvalue weighted by atomic mass is 35.5. The van der Waals surface area contributed by atoms with Crippen LogP contribution in [0, 0.1) is 27.7 Å². The molecule has 0 aliphatic rings. The number of anilines is 1. The highest BCUT2D eigenvalue weighted by molar-refractivity contribution is 7.18. The van der Waals surface area contributed by atoms with Crippen LogP contribution in [0.15, 0.2) is 52.1 Å². The summed E-state index contributed by atoms with van der Waals surface area (Å²) in [6.07, 6.45) is 0. The molecule has 0 atom stereocenters. The Bertz CT molecular complexity index is 1500. The summed E-state index contributed by atoms with van der Waals surface area (Å²) in [6.45, 7) is 7.43. The number of halogens is 1. The van der Waals surface area contributed by atoms with Crippen LogP contribution >= 0.6 is 22.9 Å². The highest BCUT2D eigenvalue weighted by Crippen LogP contribution is 2.27. The zero-order valence-electron chi connectivity index (χ0n) is 18.2. The molecular formula is C24H22ClN3O3S. The molecule has 0 fully saturated rings. The van der Waals surface area contributed by atoms with E-state index in [1.165, 1.54) is 15.9 Å². The van der Waals surface area contributed by atoms with E-state index in [4.69, 9.17) is 11.6 Å². The van der Waals surface area contributed by atoms with Gasteiger partial charge in [-0.15, -0.1) is 11.3 Å². The Labute approximate surface area is 193 Å². The van der Waals surface area contributed by atoms with Gasteiger partial charge in [0.25, 0.3) is 5.56 Å². The zero-order chi connectivity index (χ0) is 23.2. The molecule has 0 saturated heterocycles. The number of nitrogens with zero attached hydrogens (tertiary/aromatic N) is 2. The standard InChI is InChI=1S/C24H22ClN3O3S/c1-13-7-5-10-19(14(13)2)26-20(29)12-27-23-21(15(3)16(4)32-23)22(30)28(24(27)31)18-9-6-8-17(25)11-18/h5-11H,12H2,1-4H3,(H,26,29). The van der Waals surface area contributed by atoms with Crippen molar-refractivity contribution in [2.24, 2.45) is 0 Å². The number of rotatable bonds is 4. The Kier molecular flexibility index (Phi) is 5.79. The third-order valence-corrected chi connectivity index (χ3v) is 7.16. The first-order valence-corrected chi connectivity index (χ1v) is 11.3. The number of aromatic nitrogens is 2. The summed E-state index contributed by atoms with van der Waals surface area (Å²) in [5.41, 5.74) is 2.88. The number of hydrogen-bond donors (Lipinski definition) is 1. The lowest BCUT2D eigenvalue weighted by Gasteiger charge is -2.14. The van der Waals surface area contributed by atoms with E-state index in [1.807, 2.05) is 45.9 Å². The molecule has 0 aliphatic carbocycles. The van der Waals surface area contributed by atoms with E-state index in [9.17, 15) is 14.4 Å². The highest BCUT2D eigenvalue weighted by Gasteiger charge is 2.21. The largest absolute Gasteiger partial charge is 0.337 e. The molecule has 2 aromatic carbocycles. The second-order valence-corrected chi connectivity index (χ2v) is 9.39. The van der Waals surface area contributed by atoms with E-state index < -0.39 is 11.2 Å². The van der Waals surface area contributed by atoms with Crippen LogP contribution in [0.3, 0.4) is 0 Å². The molecule has 0 unspecified atom stereocenters. The molecule has 0 spiro atoms. The average molecular weight is 468 g/mol. The minimum Gasteiger partial charge on any atom is -0.324 e. The molecule has 0 bridgehead atoms. The lowest BCUT2D eigenvalue weighted by molar-refractivity contribution is -0.116. The number of carbonyl (C=O) groups excluding carboxylic acids is 1. The van der Waals surface area contributed by atoms with Crippen LogP contribution in [-0.2, 0) is 11.3 Å². The Morgan fingerprint density at radius 1 is 1.03 bits per heavy atom. The predicted octanol–water partition coefficient (Wildman–Crippen LogP) is 4.74. The van der Waals surface area contributed by atoms with E-state index in [-0.39, 0.29) is 12.5 Å². The van der Waals surface area contributed by atoms with E-state index in [0.717, 1.165) is 26.1 Å². The van der Waals surface area contributed by atoms with Gasteiger partial charge in [-0.1, -0.05) is 29.8 Å². The number of aryl methyl sites for hydroxylation is 3. The zero-order valence-corrected chi connectivity index (χ0v) is 19.7. The van der Waals surface area contributed by atoms with Crippen molar-refractivity contribution in [1.29, 1.82) is 0 Å². The normalized spacial score (nSPS) is 11.2. The first-order chi connectivity index (χ1) is 15.2. The van der Waals surface area contributed by atoms with Crippen molar-refractivity contribution in [3.63, 3.8) is 0 Å². The summed E-state index contributed by atoms with van der Waals surface area (Å²) in [5.74, 6) is -0.345. The number of fused-ring (bicyclic) bond motifs is 1. The van der Waals surface area contributed by atoms with Crippen LogP contribution in [-0.4, -0.2) is 15.0 Å². The monoisotopic (exact) mass is 467 g/mol. The Hall–Kier alpha value is -3.16.